The molecule has 29 heavy (non-hydrogen) atoms. The van der Waals surface area contributed by atoms with Crippen molar-refractivity contribution in [3.05, 3.63) is 57.4 Å². The zero-order valence-corrected chi connectivity index (χ0v) is 19.8. The number of halogens is 1. The van der Waals surface area contributed by atoms with E-state index >= 15 is 0 Å². The molecular weight excluding hydrogens is 409 g/mol. The smallest absolute Gasteiger partial charge is 0.478 e. The van der Waals surface area contributed by atoms with E-state index in [4.69, 9.17) is 16.3 Å². The third-order valence-electron chi connectivity index (χ3n) is 4.43. The zero-order chi connectivity index (χ0) is 21.2. The number of hydrogen-bond donors (Lipinski definition) is 2. The molecule has 2 rings (SSSR count). The molecule has 0 saturated heterocycles. The van der Waals surface area contributed by atoms with E-state index in [9.17, 15) is 24.6 Å². The summed E-state index contributed by atoms with van der Waals surface area (Å²) >= 11 is 6.30. The molecule has 9 heteroatoms. The predicted octanol–water partition coefficient (Wildman–Crippen LogP) is 0.412. The number of carboxylic acids is 2. The molecule has 1 aromatic carbocycles. The van der Waals surface area contributed by atoms with Crippen molar-refractivity contribution < 1.29 is 58.9 Å². The Kier molecular flexibility index (Phi) is 8.96. The van der Waals surface area contributed by atoms with Crippen LogP contribution in [0.15, 0.2) is 46.8 Å². The molecule has 0 amide bonds. The fraction of sp³-hybridized carbons (Fsp3) is 0.350. The molecule has 0 fully saturated rings. The molecule has 2 N–H and O–H groups in total. The van der Waals surface area contributed by atoms with Crippen LogP contribution in [0.5, 0.6) is 0 Å². The van der Waals surface area contributed by atoms with E-state index in [1.54, 1.807) is 52.0 Å². The number of carbonyl (C=O) groups excluding carboxylic acids is 1. The molecule has 1 atom stereocenters. The van der Waals surface area contributed by atoms with E-state index in [-0.39, 0.29) is 46.7 Å². The second-order valence-corrected chi connectivity index (χ2v) is 6.93. The van der Waals surface area contributed by atoms with Gasteiger partial charge in [0.1, 0.15) is 5.70 Å². The summed E-state index contributed by atoms with van der Waals surface area (Å²) in [5.74, 6) is -4.72. The van der Waals surface area contributed by atoms with Gasteiger partial charge in [0.2, 0.25) is 0 Å². The summed E-state index contributed by atoms with van der Waals surface area (Å²) in [7, 11) is 0. The van der Waals surface area contributed by atoms with E-state index in [0.717, 1.165) is 0 Å². The normalized spacial score (nSPS) is 16.6. The zero-order valence-electron chi connectivity index (χ0n) is 17.0. The van der Waals surface area contributed by atoms with Gasteiger partial charge >= 0.3 is 47.5 Å². The molecule has 1 aliphatic rings. The van der Waals surface area contributed by atoms with Crippen LogP contribution in [-0.2, 0) is 19.1 Å². The van der Waals surface area contributed by atoms with Crippen molar-refractivity contribution in [1.82, 2.24) is 4.90 Å². The number of nitrogens with zero attached hydrogens (tertiary/aromatic N) is 1. The number of ether oxygens (including phenoxy) is 1. The Balaban J connectivity index is 0.00000420. The first kappa shape index (κ1) is 25.2. The van der Waals surface area contributed by atoms with Crippen LogP contribution in [0.2, 0.25) is 5.02 Å². The molecule has 1 aliphatic heterocycles. The maximum atomic E-state index is 12.9. The Morgan fingerprint density at radius 2 is 1.72 bits per heavy atom. The SMILES string of the molecule is CCN1C(C)=C(C(=O)OC(C)C)C(c2ccccc2Cl)C(C(=O)O)=C1C(=O)O.[Na+]. The van der Waals surface area contributed by atoms with Crippen LogP contribution < -0.4 is 29.6 Å². The number of likely N-dealkylation sites (N-methyl/N-ethyl adjacent to an activating group) is 1. The number of esters is 1. The van der Waals surface area contributed by atoms with Crippen molar-refractivity contribution in [2.45, 2.75) is 39.7 Å². The number of carbonyl (C=O) groups is 3. The van der Waals surface area contributed by atoms with E-state index in [1.165, 1.54) is 4.90 Å². The van der Waals surface area contributed by atoms with E-state index in [1.807, 2.05) is 0 Å². The largest absolute Gasteiger partial charge is 1.00 e. The molecule has 0 bridgehead atoms. The van der Waals surface area contributed by atoms with Gasteiger partial charge in [-0.15, -0.1) is 0 Å². The molecule has 0 saturated carbocycles. The maximum Gasteiger partial charge on any atom is 1.00 e. The van der Waals surface area contributed by atoms with Gasteiger partial charge < -0.3 is 19.8 Å². The quantitative estimate of drug-likeness (QED) is 0.497. The van der Waals surface area contributed by atoms with Crippen LogP contribution in [0.3, 0.4) is 0 Å². The Hall–Kier alpha value is -1.80. The fourth-order valence-corrected chi connectivity index (χ4v) is 3.61. The number of aliphatic carboxylic acids is 2. The summed E-state index contributed by atoms with van der Waals surface area (Å²) in [6.45, 7) is 6.77. The number of allylic oxidation sites excluding steroid dienone is 1. The first-order chi connectivity index (χ1) is 13.1. The van der Waals surface area contributed by atoms with Crippen LogP contribution in [0.25, 0.3) is 0 Å². The van der Waals surface area contributed by atoms with Gasteiger partial charge in [0, 0.05) is 17.3 Å². The van der Waals surface area contributed by atoms with Crippen LogP contribution in [-0.4, -0.2) is 45.7 Å². The minimum atomic E-state index is -1.44. The Bertz CT molecular complexity index is 893. The third-order valence-corrected chi connectivity index (χ3v) is 4.77. The Labute approximate surface area is 196 Å². The van der Waals surface area contributed by atoms with E-state index in [0.29, 0.717) is 11.3 Å². The molecule has 7 nitrogen and oxygen atoms in total. The average molecular weight is 431 g/mol. The first-order valence-electron chi connectivity index (χ1n) is 8.76. The van der Waals surface area contributed by atoms with Gasteiger partial charge in [0.15, 0.2) is 0 Å². The first-order valence-corrected chi connectivity index (χ1v) is 9.13. The standard InChI is InChI=1S/C20H22ClNO6.Na/c1-5-22-11(4)14(20(27)28-10(2)3)15(12-8-6-7-9-13(12)21)16(18(23)24)17(22)19(25)26;/h6-10,15H,5H2,1-4H3,(H,23,24)(H,25,26);/q;+1. The van der Waals surface area contributed by atoms with Crippen molar-refractivity contribution in [2.75, 3.05) is 6.54 Å². The molecule has 0 spiro atoms. The van der Waals surface area contributed by atoms with Gasteiger partial charge in [-0.25, -0.2) is 14.4 Å². The summed E-state index contributed by atoms with van der Waals surface area (Å²) in [4.78, 5) is 38.3. The summed E-state index contributed by atoms with van der Waals surface area (Å²) in [6, 6.07) is 6.45. The molecule has 1 heterocycles. The van der Waals surface area contributed by atoms with Crippen molar-refractivity contribution >= 4 is 29.5 Å². The summed E-state index contributed by atoms with van der Waals surface area (Å²) < 4.78 is 5.34. The second-order valence-electron chi connectivity index (χ2n) is 6.52. The topological polar surface area (TPSA) is 104 Å². The van der Waals surface area contributed by atoms with Gasteiger partial charge in [0.25, 0.3) is 0 Å². The van der Waals surface area contributed by atoms with Gasteiger partial charge in [-0.2, -0.15) is 0 Å². The summed E-state index contributed by atoms with van der Waals surface area (Å²) in [5.41, 5.74) is -0.111. The molecule has 1 aromatic rings. The van der Waals surface area contributed by atoms with Gasteiger partial charge in [0.05, 0.1) is 23.2 Å². The van der Waals surface area contributed by atoms with Crippen LogP contribution in [0.4, 0.5) is 0 Å². The molecule has 1 unspecified atom stereocenters. The van der Waals surface area contributed by atoms with E-state index < -0.39 is 41.2 Å². The van der Waals surface area contributed by atoms with Crippen LogP contribution in [0, 0.1) is 0 Å². The maximum absolute atomic E-state index is 12.9. The summed E-state index contributed by atoms with van der Waals surface area (Å²) in [5, 5.41) is 19.9. The number of benzene rings is 1. The van der Waals surface area contributed by atoms with E-state index in [2.05, 4.69) is 0 Å². The molecule has 0 aliphatic carbocycles. The minimum Gasteiger partial charge on any atom is -0.478 e. The summed E-state index contributed by atoms with van der Waals surface area (Å²) in [6.07, 6.45) is -0.437. The minimum absolute atomic E-state index is 0. The van der Waals surface area contributed by atoms with Gasteiger partial charge in [-0.3, -0.25) is 0 Å². The fourth-order valence-electron chi connectivity index (χ4n) is 3.36. The molecule has 150 valence electrons. The second kappa shape index (κ2) is 10.3. The molecular formula is C20H22ClNNaO6+. The van der Waals surface area contributed by atoms with Crippen molar-refractivity contribution in [3.63, 3.8) is 0 Å². The Morgan fingerprint density at radius 3 is 2.17 bits per heavy atom. The van der Waals surface area contributed by atoms with Gasteiger partial charge in [-0.05, 0) is 39.3 Å². The molecule has 0 radical (unpaired) electrons. The average Bonchev–Trinajstić information content (AvgIpc) is 2.59. The predicted molar refractivity (Wildman–Crippen MR) is 103 cm³/mol. The van der Waals surface area contributed by atoms with Crippen LogP contribution >= 0.6 is 11.6 Å². The third kappa shape index (κ3) is 5.04. The van der Waals surface area contributed by atoms with Crippen molar-refractivity contribution in [1.29, 1.82) is 0 Å². The monoisotopic (exact) mass is 430 g/mol. The Morgan fingerprint density at radius 1 is 1.14 bits per heavy atom. The van der Waals surface area contributed by atoms with Crippen molar-refractivity contribution in [3.8, 4) is 0 Å². The number of rotatable bonds is 6. The number of hydrogen-bond acceptors (Lipinski definition) is 5. The molecule has 0 aromatic heterocycles. The van der Waals surface area contributed by atoms with Crippen LogP contribution in [0.1, 0.15) is 39.2 Å². The van der Waals surface area contributed by atoms with Gasteiger partial charge in [-0.1, -0.05) is 29.8 Å². The van der Waals surface area contributed by atoms with Crippen molar-refractivity contribution in [2.24, 2.45) is 0 Å². The number of carboxylic acid groups (broad SMARTS) is 2.